The Kier molecular flexibility index (Phi) is 14.4. The first kappa shape index (κ1) is 39.7. The van der Waals surface area contributed by atoms with E-state index in [1.54, 1.807) is 71.8 Å². The van der Waals surface area contributed by atoms with Crippen LogP contribution in [-0.4, -0.2) is 65.7 Å². The maximum atomic E-state index is 11.1. The molecule has 45 heavy (non-hydrogen) atoms. The topological polar surface area (TPSA) is 258 Å². The molecule has 0 bridgehead atoms. The maximum absolute atomic E-state index is 11.1. The van der Waals surface area contributed by atoms with Crippen molar-refractivity contribution in [3.8, 4) is 0 Å². The van der Waals surface area contributed by atoms with Gasteiger partial charge in [-0.3, -0.25) is 0 Å². The van der Waals surface area contributed by atoms with Gasteiger partial charge in [0.25, 0.3) is 0 Å². The molecule has 3 aromatic heterocycles. The van der Waals surface area contributed by atoms with Crippen LogP contribution in [-0.2, 0) is 30.1 Å². The van der Waals surface area contributed by atoms with E-state index in [9.17, 15) is 25.3 Å². The lowest BCUT2D eigenvalue weighted by Crippen LogP contribution is -2.31. The quantitative estimate of drug-likeness (QED) is 0.307. The summed E-state index contributed by atoms with van der Waals surface area (Å²) < 4.78 is 66.7. The molecule has 0 aromatic carbocycles. The van der Waals surface area contributed by atoms with Crippen molar-refractivity contribution >= 4 is 35.6 Å². The summed E-state index contributed by atoms with van der Waals surface area (Å²) in [7, 11) is -10.7. The second kappa shape index (κ2) is 16.3. The number of primary sulfonamides is 3. The van der Waals surface area contributed by atoms with Gasteiger partial charge in [0.2, 0.25) is 30.1 Å². The molecule has 3 aromatic rings. The molecule has 18 heteroatoms. The van der Waals surface area contributed by atoms with Gasteiger partial charge >= 0.3 is 0 Å². The van der Waals surface area contributed by atoms with Crippen molar-refractivity contribution in [2.75, 3.05) is 0 Å². The predicted molar refractivity (Wildman–Crippen MR) is 174 cm³/mol. The van der Waals surface area contributed by atoms with Crippen LogP contribution >= 0.6 is 0 Å². The summed E-state index contributed by atoms with van der Waals surface area (Å²) in [6, 6.07) is 0. The van der Waals surface area contributed by atoms with Crippen LogP contribution in [0.4, 0.5) is 0 Å². The fourth-order valence-electron chi connectivity index (χ4n) is 3.22. The highest BCUT2D eigenvalue weighted by Gasteiger charge is 2.27. The first-order valence-corrected chi connectivity index (χ1v) is 18.3. The number of aryl methyl sites for hydroxylation is 3. The number of hydrogen-bond donors (Lipinski definition) is 3. The number of rotatable bonds is 8. The normalized spacial score (nSPS) is 15.2. The Labute approximate surface area is 266 Å². The van der Waals surface area contributed by atoms with E-state index in [0.29, 0.717) is 23.0 Å². The number of hydrogen-bond acceptors (Lipinski definition) is 12. The van der Waals surface area contributed by atoms with Crippen LogP contribution in [0.25, 0.3) is 5.57 Å². The molecule has 0 aliphatic heterocycles. The second-order valence-corrected chi connectivity index (χ2v) is 16.3. The summed E-state index contributed by atoms with van der Waals surface area (Å²) in [5.74, 6) is 0.776. The van der Waals surface area contributed by atoms with E-state index in [2.05, 4.69) is 29.9 Å². The molecule has 250 valence electrons. The zero-order chi connectivity index (χ0) is 34.9. The van der Waals surface area contributed by atoms with Crippen LogP contribution in [0.3, 0.4) is 0 Å². The van der Waals surface area contributed by atoms with E-state index >= 15 is 0 Å². The van der Waals surface area contributed by atoms with Crippen LogP contribution in [0.5, 0.6) is 0 Å². The average molecular weight is 686 g/mol. The van der Waals surface area contributed by atoms with Gasteiger partial charge in [-0.15, -0.1) is 0 Å². The number of nitrogens with zero attached hydrogens (tertiary/aromatic N) is 6. The summed E-state index contributed by atoms with van der Waals surface area (Å²) in [5, 5.41) is 13.8. The molecule has 0 fully saturated rings. The Morgan fingerprint density at radius 2 is 0.822 bits per heavy atom. The lowest BCUT2D eigenvalue weighted by Gasteiger charge is -2.16. The van der Waals surface area contributed by atoms with E-state index in [1.807, 2.05) is 20.8 Å². The predicted octanol–water partition coefficient (Wildman–Crippen LogP) is 1.96. The van der Waals surface area contributed by atoms with Crippen LogP contribution in [0.15, 0.2) is 42.1 Å². The van der Waals surface area contributed by atoms with Crippen molar-refractivity contribution in [3.05, 3.63) is 76.2 Å². The summed E-state index contributed by atoms with van der Waals surface area (Å²) in [6.07, 6.45) is 9.90. The smallest absolute Gasteiger partial charge is 0.234 e. The van der Waals surface area contributed by atoms with E-state index in [0.717, 1.165) is 16.7 Å². The lowest BCUT2D eigenvalue weighted by molar-refractivity contribution is 0.563. The minimum atomic E-state index is -3.66. The van der Waals surface area contributed by atoms with Crippen molar-refractivity contribution in [2.45, 2.75) is 84.6 Å². The lowest BCUT2D eigenvalue weighted by atomic mass is 10.1. The van der Waals surface area contributed by atoms with Crippen molar-refractivity contribution in [2.24, 2.45) is 15.4 Å². The van der Waals surface area contributed by atoms with Gasteiger partial charge in [-0.1, -0.05) is 13.8 Å². The van der Waals surface area contributed by atoms with Gasteiger partial charge in [0.1, 0.15) is 11.6 Å². The molecule has 6 N–H and O–H groups in total. The maximum Gasteiger partial charge on any atom is 0.234 e. The van der Waals surface area contributed by atoms with Crippen LogP contribution in [0.2, 0.25) is 0 Å². The van der Waals surface area contributed by atoms with Gasteiger partial charge < -0.3 is 0 Å². The Bertz CT molecular complexity index is 1680. The van der Waals surface area contributed by atoms with Crippen LogP contribution < -0.4 is 15.4 Å². The largest absolute Gasteiger partial charge is 0.241 e. The molecular weight excluding hydrogens is 643 g/mol. The minimum absolute atomic E-state index is 0.0892. The molecule has 0 aliphatic carbocycles. The molecule has 0 radical (unpaired) electrons. The molecule has 0 aliphatic rings. The van der Waals surface area contributed by atoms with Crippen molar-refractivity contribution in [1.29, 1.82) is 0 Å². The van der Waals surface area contributed by atoms with Crippen molar-refractivity contribution in [3.63, 3.8) is 0 Å². The average Bonchev–Trinajstić information content (AvgIpc) is 2.95. The van der Waals surface area contributed by atoms with Gasteiger partial charge in [0.05, 0.1) is 15.4 Å². The van der Waals surface area contributed by atoms with Gasteiger partial charge in [-0.2, -0.15) is 0 Å². The molecule has 0 unspecified atom stereocenters. The van der Waals surface area contributed by atoms with Gasteiger partial charge in [-0.25, -0.2) is 70.6 Å². The Balaban J connectivity index is 0.000000337. The van der Waals surface area contributed by atoms with E-state index in [4.69, 9.17) is 15.4 Å². The van der Waals surface area contributed by atoms with Gasteiger partial charge in [-0.05, 0) is 65.2 Å². The fourth-order valence-corrected chi connectivity index (χ4v) is 5.12. The Morgan fingerprint density at radius 3 is 1.07 bits per heavy atom. The summed E-state index contributed by atoms with van der Waals surface area (Å²) in [5.41, 5.74) is 3.26. The zero-order valence-corrected chi connectivity index (χ0v) is 29.3. The van der Waals surface area contributed by atoms with E-state index < -0.39 is 40.6 Å². The first-order chi connectivity index (χ1) is 20.5. The van der Waals surface area contributed by atoms with Crippen LogP contribution in [0, 0.1) is 20.8 Å². The third kappa shape index (κ3) is 12.9. The summed E-state index contributed by atoms with van der Waals surface area (Å²) in [6.45, 7) is 15.3. The highest BCUT2D eigenvalue weighted by molar-refractivity contribution is 7.93. The second-order valence-electron chi connectivity index (χ2n) is 10.7. The standard InChI is InChI=1S/2C9H15N3O2S.C9H13N3O2S/c3*1-6-4-11-9(12-5-6)7(2)8(3)15(10,13)14/h2*4-5,7-8H,1-3H3,(H2,10,13,14);4-5H,1-3H3,(H2,10,13,14)/b;;8-7-/t2*7-,8+;/m10./s1. The molecule has 3 rings (SSSR count). The van der Waals surface area contributed by atoms with Crippen molar-refractivity contribution < 1.29 is 25.3 Å². The molecule has 3 heterocycles. The molecule has 0 spiro atoms. The molecule has 15 nitrogen and oxygen atoms in total. The monoisotopic (exact) mass is 685 g/mol. The van der Waals surface area contributed by atoms with Crippen molar-refractivity contribution in [1.82, 2.24) is 29.9 Å². The third-order valence-corrected chi connectivity index (χ3v) is 11.0. The number of aromatic nitrogens is 6. The van der Waals surface area contributed by atoms with E-state index in [-0.39, 0.29) is 16.7 Å². The molecule has 0 saturated heterocycles. The third-order valence-electron chi connectivity index (χ3n) is 6.93. The zero-order valence-electron chi connectivity index (χ0n) is 26.9. The van der Waals surface area contributed by atoms with Crippen LogP contribution in [0.1, 0.15) is 87.5 Å². The Morgan fingerprint density at radius 1 is 0.556 bits per heavy atom. The minimum Gasteiger partial charge on any atom is -0.241 e. The number of sulfonamides is 3. The molecule has 0 amide bonds. The SMILES string of the molecule is C/C(=C(\C)S(N)(=O)=O)c1ncc(C)cn1.Cc1cnc([C@@H](C)[C@@H](C)S(N)(=O)=O)nc1.Cc1cnc([C@H](C)[C@H](C)S(N)(=O)=O)nc1. The van der Waals surface area contributed by atoms with E-state index in [1.165, 1.54) is 6.92 Å². The highest BCUT2D eigenvalue weighted by atomic mass is 32.2. The molecular formula is C27H43N9O6S3. The Hall–Kier alpha value is -3.29. The highest BCUT2D eigenvalue weighted by Crippen LogP contribution is 2.20. The van der Waals surface area contributed by atoms with Gasteiger partial charge in [0, 0.05) is 54.6 Å². The molecule has 0 saturated carbocycles. The number of allylic oxidation sites excluding steroid dienone is 2. The summed E-state index contributed by atoms with van der Waals surface area (Å²) >= 11 is 0. The number of nitrogens with two attached hydrogens (primary N) is 3. The summed E-state index contributed by atoms with van der Waals surface area (Å²) in [4.78, 5) is 24.5. The fraction of sp³-hybridized carbons (Fsp3) is 0.481. The first-order valence-electron chi connectivity index (χ1n) is 13.6. The molecule has 4 atom stereocenters. The van der Waals surface area contributed by atoms with Gasteiger partial charge in [0.15, 0.2) is 5.82 Å².